The van der Waals surface area contributed by atoms with Crippen LogP contribution in [0.2, 0.25) is 0 Å². The van der Waals surface area contributed by atoms with Gasteiger partial charge >= 0.3 is 0 Å². The van der Waals surface area contributed by atoms with E-state index >= 15 is 0 Å². The van der Waals surface area contributed by atoms with E-state index < -0.39 is 0 Å². The van der Waals surface area contributed by atoms with Crippen molar-refractivity contribution in [3.63, 3.8) is 0 Å². The van der Waals surface area contributed by atoms with Crippen molar-refractivity contribution < 1.29 is 9.21 Å². The van der Waals surface area contributed by atoms with Gasteiger partial charge in [-0.15, -0.1) is 10.2 Å². The van der Waals surface area contributed by atoms with Crippen molar-refractivity contribution >= 4 is 5.91 Å². The minimum absolute atomic E-state index is 0.229. The lowest BCUT2D eigenvalue weighted by molar-refractivity contribution is 0.0909. The molecule has 2 aromatic rings. The molecule has 7 nitrogen and oxygen atoms in total. The predicted octanol–water partition coefficient (Wildman–Crippen LogP) is 2.27. The van der Waals surface area contributed by atoms with Crippen molar-refractivity contribution in [2.75, 3.05) is 19.6 Å². The first-order valence-electron chi connectivity index (χ1n) is 8.82. The monoisotopic (exact) mass is 345 g/mol. The molecule has 3 heterocycles. The summed E-state index contributed by atoms with van der Waals surface area (Å²) in [6, 6.07) is 3.12. The van der Waals surface area contributed by atoms with E-state index in [4.69, 9.17) is 4.42 Å². The third-order valence-electron chi connectivity index (χ3n) is 4.33. The Morgan fingerprint density at radius 2 is 2.12 bits per heavy atom. The zero-order valence-corrected chi connectivity index (χ0v) is 15.5. The van der Waals surface area contributed by atoms with Crippen LogP contribution in [-0.2, 0) is 13.0 Å². The van der Waals surface area contributed by atoms with Gasteiger partial charge < -0.3 is 19.2 Å². The first-order valence-corrected chi connectivity index (χ1v) is 8.82. The molecule has 7 heteroatoms. The number of hydrogen-bond acceptors (Lipinski definition) is 5. The topological polar surface area (TPSA) is 76.2 Å². The van der Waals surface area contributed by atoms with Gasteiger partial charge in [0, 0.05) is 32.6 Å². The van der Waals surface area contributed by atoms with Crippen molar-refractivity contribution in [1.29, 1.82) is 0 Å². The summed E-state index contributed by atoms with van der Waals surface area (Å²) in [4.78, 5) is 14.7. The zero-order chi connectivity index (χ0) is 18.0. The molecule has 1 unspecified atom stereocenters. The molecule has 3 rings (SSSR count). The molecule has 136 valence electrons. The van der Waals surface area contributed by atoms with Gasteiger partial charge in [0.25, 0.3) is 5.91 Å². The van der Waals surface area contributed by atoms with Crippen LogP contribution in [0.3, 0.4) is 0 Å². The summed E-state index contributed by atoms with van der Waals surface area (Å²) in [5, 5.41) is 11.6. The van der Waals surface area contributed by atoms with Crippen LogP contribution in [0.4, 0.5) is 0 Å². The number of carbonyl (C=O) groups excluding carboxylic acids is 1. The number of nitrogens with zero attached hydrogens (tertiary/aromatic N) is 4. The van der Waals surface area contributed by atoms with E-state index in [0.29, 0.717) is 5.76 Å². The molecular weight excluding hydrogens is 318 g/mol. The van der Waals surface area contributed by atoms with E-state index in [9.17, 15) is 4.79 Å². The highest BCUT2D eigenvalue weighted by Gasteiger charge is 2.25. The average Bonchev–Trinajstić information content (AvgIpc) is 3.15. The fourth-order valence-electron chi connectivity index (χ4n) is 3.28. The molecule has 1 aliphatic heterocycles. The van der Waals surface area contributed by atoms with Gasteiger partial charge in [-0.05, 0) is 24.5 Å². The van der Waals surface area contributed by atoms with Gasteiger partial charge in [0.1, 0.15) is 5.82 Å². The second-order valence-electron chi connectivity index (χ2n) is 7.89. The van der Waals surface area contributed by atoms with Crippen LogP contribution in [-0.4, -0.2) is 45.2 Å². The Morgan fingerprint density at radius 1 is 1.32 bits per heavy atom. The Balaban J connectivity index is 1.68. The minimum atomic E-state index is -0.238. The Kier molecular flexibility index (Phi) is 4.94. The molecule has 0 aromatic carbocycles. The fraction of sp³-hybridized carbons (Fsp3) is 0.611. The summed E-state index contributed by atoms with van der Waals surface area (Å²) in [7, 11) is 0. The molecule has 0 saturated carbocycles. The molecule has 25 heavy (non-hydrogen) atoms. The maximum atomic E-state index is 12.2. The van der Waals surface area contributed by atoms with Gasteiger partial charge in [0.2, 0.25) is 0 Å². The molecule has 0 aliphatic carbocycles. The largest absolute Gasteiger partial charge is 0.459 e. The summed E-state index contributed by atoms with van der Waals surface area (Å²) >= 11 is 0. The van der Waals surface area contributed by atoms with Gasteiger partial charge in [-0.25, -0.2) is 0 Å². The molecule has 0 fully saturated rings. The number of rotatable bonds is 4. The summed E-state index contributed by atoms with van der Waals surface area (Å²) < 4.78 is 7.29. The molecule has 1 N–H and O–H groups in total. The third-order valence-corrected chi connectivity index (χ3v) is 4.33. The molecule has 1 aliphatic rings. The summed E-state index contributed by atoms with van der Waals surface area (Å²) in [6.07, 6.45) is 2.37. The van der Waals surface area contributed by atoms with Crippen LogP contribution < -0.4 is 5.32 Å². The summed E-state index contributed by atoms with van der Waals surface area (Å²) in [5.74, 6) is 1.86. The van der Waals surface area contributed by atoms with Crippen molar-refractivity contribution in [3.05, 3.63) is 35.8 Å². The molecule has 0 radical (unpaired) electrons. The predicted molar refractivity (Wildman–Crippen MR) is 94.2 cm³/mol. The minimum Gasteiger partial charge on any atom is -0.459 e. The van der Waals surface area contributed by atoms with Gasteiger partial charge in [-0.1, -0.05) is 20.8 Å². The maximum Gasteiger partial charge on any atom is 0.287 e. The highest BCUT2D eigenvalue weighted by Crippen LogP contribution is 2.19. The second kappa shape index (κ2) is 7.00. The van der Waals surface area contributed by atoms with E-state index in [-0.39, 0.29) is 17.4 Å². The van der Waals surface area contributed by atoms with E-state index in [1.54, 1.807) is 12.1 Å². The first kappa shape index (κ1) is 17.7. The van der Waals surface area contributed by atoms with Crippen molar-refractivity contribution in [2.45, 2.75) is 46.7 Å². The number of fused-ring (bicyclic) bond motifs is 1. The van der Waals surface area contributed by atoms with Crippen molar-refractivity contribution in [1.82, 2.24) is 25.0 Å². The number of nitrogens with one attached hydrogen (secondary N) is 1. The van der Waals surface area contributed by atoms with Gasteiger partial charge in [0.15, 0.2) is 11.6 Å². The van der Waals surface area contributed by atoms with E-state index in [2.05, 4.69) is 45.8 Å². The van der Waals surface area contributed by atoms with E-state index in [0.717, 1.165) is 44.2 Å². The van der Waals surface area contributed by atoms with Crippen LogP contribution in [0.5, 0.6) is 0 Å². The van der Waals surface area contributed by atoms with E-state index in [1.807, 2.05) is 6.92 Å². The Morgan fingerprint density at radius 3 is 2.80 bits per heavy atom. The number of carbonyl (C=O) groups is 1. The third kappa shape index (κ3) is 4.28. The van der Waals surface area contributed by atoms with Crippen LogP contribution >= 0.6 is 0 Å². The quantitative estimate of drug-likeness (QED) is 0.920. The normalized spacial score (nSPS) is 17.0. The lowest BCUT2D eigenvalue weighted by Gasteiger charge is -2.28. The Bertz CT molecular complexity index is 714. The van der Waals surface area contributed by atoms with Crippen LogP contribution in [0.1, 0.15) is 55.9 Å². The highest BCUT2D eigenvalue weighted by atomic mass is 16.3. The summed E-state index contributed by atoms with van der Waals surface area (Å²) in [5.41, 5.74) is 0.276. The molecule has 0 saturated heterocycles. The number of aromatic nitrogens is 3. The van der Waals surface area contributed by atoms with Crippen molar-refractivity contribution in [2.24, 2.45) is 5.41 Å². The van der Waals surface area contributed by atoms with Gasteiger partial charge in [0.05, 0.1) is 12.3 Å². The lowest BCUT2D eigenvalue weighted by atomic mass is 9.96. The van der Waals surface area contributed by atoms with E-state index in [1.165, 1.54) is 6.26 Å². The fourth-order valence-corrected chi connectivity index (χ4v) is 3.28. The SMILES string of the molecule is CC(NC(=O)c1ccco1)c1nnc2n1CCN(CC(C)(C)C)CC2. The smallest absolute Gasteiger partial charge is 0.287 e. The van der Waals surface area contributed by atoms with Crippen LogP contribution in [0, 0.1) is 5.41 Å². The Labute approximate surface area is 148 Å². The van der Waals surface area contributed by atoms with Crippen molar-refractivity contribution in [3.8, 4) is 0 Å². The molecule has 0 bridgehead atoms. The number of amides is 1. The molecule has 0 spiro atoms. The maximum absolute atomic E-state index is 12.2. The molecule has 2 aromatic heterocycles. The second-order valence-corrected chi connectivity index (χ2v) is 7.89. The van der Waals surface area contributed by atoms with Gasteiger partial charge in [-0.3, -0.25) is 4.79 Å². The zero-order valence-electron chi connectivity index (χ0n) is 15.5. The molecule has 1 atom stereocenters. The Hall–Kier alpha value is -2.15. The number of hydrogen-bond donors (Lipinski definition) is 1. The standard InChI is InChI=1S/C18H27N5O2/c1-13(19-17(24)14-6-5-11-25-14)16-21-20-15-7-8-22(9-10-23(15)16)12-18(2,3)4/h5-6,11,13H,7-10,12H2,1-4H3,(H,19,24). The summed E-state index contributed by atoms with van der Waals surface area (Å²) in [6.45, 7) is 12.6. The first-order chi connectivity index (χ1) is 11.8. The lowest BCUT2D eigenvalue weighted by Crippen LogP contribution is -2.35. The molecule has 1 amide bonds. The van der Waals surface area contributed by atoms with Crippen LogP contribution in [0.25, 0.3) is 0 Å². The van der Waals surface area contributed by atoms with Gasteiger partial charge in [-0.2, -0.15) is 0 Å². The van der Waals surface area contributed by atoms with Crippen LogP contribution in [0.15, 0.2) is 22.8 Å². The average molecular weight is 345 g/mol. The molecular formula is C18H27N5O2. The number of furan rings is 1. The highest BCUT2D eigenvalue weighted by molar-refractivity contribution is 5.91.